The maximum atomic E-state index is 12.2. The lowest BCUT2D eigenvalue weighted by molar-refractivity contribution is -0.141. The molecule has 2 aromatic carbocycles. The second-order valence-corrected chi connectivity index (χ2v) is 5.35. The average Bonchev–Trinajstić information content (AvgIpc) is 2.47. The minimum atomic E-state index is -0.544. The molecule has 21 heavy (non-hydrogen) atoms. The molecule has 0 aromatic heterocycles. The molecular formula is C17H18ClNO2. The molecule has 3 nitrogen and oxygen atoms in total. The minimum absolute atomic E-state index is 0.317. The van der Waals surface area contributed by atoms with Gasteiger partial charge in [-0.15, -0.1) is 0 Å². The van der Waals surface area contributed by atoms with Gasteiger partial charge in [0.25, 0.3) is 0 Å². The monoisotopic (exact) mass is 303 g/mol. The van der Waals surface area contributed by atoms with Gasteiger partial charge >= 0.3 is 5.97 Å². The van der Waals surface area contributed by atoms with E-state index in [1.165, 1.54) is 7.11 Å². The highest BCUT2D eigenvalue weighted by Crippen LogP contribution is 2.27. The van der Waals surface area contributed by atoms with Crippen molar-refractivity contribution in [1.29, 1.82) is 0 Å². The van der Waals surface area contributed by atoms with E-state index in [0.29, 0.717) is 5.02 Å². The summed E-state index contributed by atoms with van der Waals surface area (Å²) in [6.45, 7) is 3.98. The van der Waals surface area contributed by atoms with Crippen molar-refractivity contribution in [3.8, 4) is 0 Å². The van der Waals surface area contributed by atoms with Crippen LogP contribution >= 0.6 is 11.6 Å². The van der Waals surface area contributed by atoms with Gasteiger partial charge in [-0.3, -0.25) is 0 Å². The zero-order valence-electron chi connectivity index (χ0n) is 12.3. The molecule has 0 saturated heterocycles. The van der Waals surface area contributed by atoms with E-state index < -0.39 is 6.04 Å². The number of hydrogen-bond acceptors (Lipinski definition) is 3. The fourth-order valence-electron chi connectivity index (χ4n) is 2.36. The summed E-state index contributed by atoms with van der Waals surface area (Å²) in [6.07, 6.45) is 0. The molecule has 1 atom stereocenters. The van der Waals surface area contributed by atoms with Crippen LogP contribution in [-0.2, 0) is 9.53 Å². The maximum absolute atomic E-state index is 12.2. The Balaban J connectivity index is 2.39. The molecule has 1 unspecified atom stereocenters. The van der Waals surface area contributed by atoms with Crippen LogP contribution in [0.2, 0.25) is 5.02 Å². The Morgan fingerprint density at radius 3 is 2.19 bits per heavy atom. The summed E-state index contributed by atoms with van der Waals surface area (Å²) in [7, 11) is 1.40. The first-order valence-corrected chi connectivity index (χ1v) is 7.06. The third-order valence-corrected chi connectivity index (χ3v) is 3.67. The van der Waals surface area contributed by atoms with Crippen LogP contribution in [0.25, 0.3) is 0 Å². The van der Waals surface area contributed by atoms with Gasteiger partial charge in [-0.2, -0.15) is 0 Å². The molecule has 0 aliphatic rings. The molecule has 0 aliphatic carbocycles. The molecule has 0 radical (unpaired) electrons. The number of hydrogen-bond donors (Lipinski definition) is 1. The molecule has 0 fully saturated rings. The van der Waals surface area contributed by atoms with Crippen LogP contribution < -0.4 is 5.32 Å². The zero-order chi connectivity index (χ0) is 15.4. The van der Waals surface area contributed by atoms with Crippen molar-refractivity contribution in [2.75, 3.05) is 12.4 Å². The topological polar surface area (TPSA) is 38.3 Å². The van der Waals surface area contributed by atoms with Crippen molar-refractivity contribution in [3.05, 3.63) is 64.2 Å². The highest BCUT2D eigenvalue weighted by Gasteiger charge is 2.24. The van der Waals surface area contributed by atoms with E-state index in [1.807, 2.05) is 44.2 Å². The van der Waals surface area contributed by atoms with Crippen LogP contribution in [0.3, 0.4) is 0 Å². The van der Waals surface area contributed by atoms with Crippen LogP contribution in [0.5, 0.6) is 0 Å². The van der Waals surface area contributed by atoms with Crippen LogP contribution in [0.15, 0.2) is 42.5 Å². The summed E-state index contributed by atoms with van der Waals surface area (Å²) in [5.41, 5.74) is 3.86. The Kier molecular flexibility index (Phi) is 4.86. The first-order valence-electron chi connectivity index (χ1n) is 6.69. The summed E-state index contributed by atoms with van der Waals surface area (Å²) in [5, 5.41) is 3.88. The minimum Gasteiger partial charge on any atom is -0.467 e. The normalized spacial score (nSPS) is 11.8. The Labute approximate surface area is 129 Å². The molecule has 0 spiro atoms. The van der Waals surface area contributed by atoms with E-state index in [4.69, 9.17) is 16.3 Å². The lowest BCUT2D eigenvalue weighted by Crippen LogP contribution is -2.24. The summed E-state index contributed by atoms with van der Waals surface area (Å²) in [4.78, 5) is 12.2. The summed E-state index contributed by atoms with van der Waals surface area (Å²) in [6, 6.07) is 12.6. The number of carbonyl (C=O) groups is 1. The molecule has 0 bridgehead atoms. The van der Waals surface area contributed by atoms with E-state index in [0.717, 1.165) is 22.4 Å². The summed E-state index contributed by atoms with van der Waals surface area (Å²) < 4.78 is 4.95. The number of aryl methyl sites for hydroxylation is 2. The highest BCUT2D eigenvalue weighted by atomic mass is 35.5. The average molecular weight is 304 g/mol. The second-order valence-electron chi connectivity index (χ2n) is 4.91. The lowest BCUT2D eigenvalue weighted by atomic mass is 9.96. The van der Waals surface area contributed by atoms with Gasteiger partial charge in [0.05, 0.1) is 7.11 Å². The molecule has 0 aliphatic heterocycles. The summed E-state index contributed by atoms with van der Waals surface area (Å²) in [5.74, 6) is -0.317. The number of anilines is 1. The van der Waals surface area contributed by atoms with Crippen molar-refractivity contribution in [2.45, 2.75) is 19.9 Å². The van der Waals surface area contributed by atoms with E-state index in [9.17, 15) is 4.79 Å². The predicted molar refractivity (Wildman–Crippen MR) is 85.7 cm³/mol. The molecule has 110 valence electrons. The van der Waals surface area contributed by atoms with Gasteiger partial charge in [0.1, 0.15) is 0 Å². The molecule has 0 amide bonds. The number of halogens is 1. The van der Waals surface area contributed by atoms with Gasteiger partial charge < -0.3 is 10.1 Å². The van der Waals surface area contributed by atoms with Gasteiger partial charge in [-0.25, -0.2) is 4.79 Å². The zero-order valence-corrected chi connectivity index (χ0v) is 13.1. The van der Waals surface area contributed by atoms with Crippen molar-refractivity contribution in [2.24, 2.45) is 0 Å². The maximum Gasteiger partial charge on any atom is 0.333 e. The van der Waals surface area contributed by atoms with E-state index >= 15 is 0 Å². The Morgan fingerprint density at radius 2 is 1.67 bits per heavy atom. The Bertz CT molecular complexity index is 617. The smallest absolute Gasteiger partial charge is 0.333 e. The first-order chi connectivity index (χ1) is 10.0. The quantitative estimate of drug-likeness (QED) is 0.857. The SMILES string of the molecule is COC(=O)C(Nc1ccc(Cl)cc1)c1c(C)cccc1C. The molecule has 1 N–H and O–H groups in total. The number of esters is 1. The third-order valence-electron chi connectivity index (χ3n) is 3.42. The molecule has 0 heterocycles. The predicted octanol–water partition coefficient (Wildman–Crippen LogP) is 4.28. The number of benzene rings is 2. The highest BCUT2D eigenvalue weighted by molar-refractivity contribution is 6.30. The lowest BCUT2D eigenvalue weighted by Gasteiger charge is -2.21. The van der Waals surface area contributed by atoms with Crippen molar-refractivity contribution in [1.82, 2.24) is 0 Å². The fourth-order valence-corrected chi connectivity index (χ4v) is 2.49. The Morgan fingerprint density at radius 1 is 1.10 bits per heavy atom. The number of ether oxygens (including phenoxy) is 1. The second kappa shape index (κ2) is 6.64. The molecule has 0 saturated carbocycles. The van der Waals surface area contributed by atoms with Crippen molar-refractivity contribution >= 4 is 23.3 Å². The van der Waals surface area contributed by atoms with Crippen molar-refractivity contribution < 1.29 is 9.53 Å². The molecule has 2 aromatic rings. The van der Waals surface area contributed by atoms with Crippen LogP contribution in [0.4, 0.5) is 5.69 Å². The van der Waals surface area contributed by atoms with E-state index in [2.05, 4.69) is 5.32 Å². The van der Waals surface area contributed by atoms with Crippen LogP contribution in [0.1, 0.15) is 22.7 Å². The van der Waals surface area contributed by atoms with Gasteiger partial charge in [-0.05, 0) is 54.8 Å². The molecule has 2 rings (SSSR count). The van der Waals surface area contributed by atoms with Gasteiger partial charge in [0.2, 0.25) is 0 Å². The number of nitrogens with one attached hydrogen (secondary N) is 1. The molecule has 4 heteroatoms. The standard InChI is InChI=1S/C17H18ClNO2/c1-11-5-4-6-12(2)15(11)16(17(20)21-3)19-14-9-7-13(18)8-10-14/h4-10,16,19H,1-3H3. The van der Waals surface area contributed by atoms with Gasteiger partial charge in [0, 0.05) is 10.7 Å². The largest absolute Gasteiger partial charge is 0.467 e. The molecular weight excluding hydrogens is 286 g/mol. The van der Waals surface area contributed by atoms with Crippen LogP contribution in [-0.4, -0.2) is 13.1 Å². The van der Waals surface area contributed by atoms with Crippen LogP contribution in [0, 0.1) is 13.8 Å². The van der Waals surface area contributed by atoms with Crippen molar-refractivity contribution in [3.63, 3.8) is 0 Å². The summed E-state index contributed by atoms with van der Waals surface area (Å²) >= 11 is 5.89. The Hall–Kier alpha value is -2.00. The fraction of sp³-hybridized carbons (Fsp3) is 0.235. The number of rotatable bonds is 4. The first kappa shape index (κ1) is 15.4. The number of carbonyl (C=O) groups excluding carboxylic acids is 1. The van der Waals surface area contributed by atoms with Gasteiger partial charge in [0.15, 0.2) is 6.04 Å². The van der Waals surface area contributed by atoms with E-state index in [1.54, 1.807) is 12.1 Å². The number of methoxy groups -OCH3 is 1. The third kappa shape index (κ3) is 3.56. The van der Waals surface area contributed by atoms with Gasteiger partial charge in [-0.1, -0.05) is 29.8 Å². The van der Waals surface area contributed by atoms with E-state index in [-0.39, 0.29) is 5.97 Å².